The van der Waals surface area contributed by atoms with E-state index in [1.54, 1.807) is 33.5 Å². The van der Waals surface area contributed by atoms with Crippen LogP contribution in [-0.2, 0) is 4.79 Å². The van der Waals surface area contributed by atoms with Gasteiger partial charge in [-0.2, -0.15) is 5.10 Å². The molecule has 0 fully saturated rings. The second kappa shape index (κ2) is 7.39. The predicted molar refractivity (Wildman–Crippen MR) is 108 cm³/mol. The second-order valence-corrected chi connectivity index (χ2v) is 7.47. The molecule has 4 heterocycles. The van der Waals surface area contributed by atoms with E-state index in [2.05, 4.69) is 35.5 Å². The summed E-state index contributed by atoms with van der Waals surface area (Å²) in [7, 11) is 4.84. The first-order valence-corrected chi connectivity index (χ1v) is 9.37. The molecule has 0 aromatic carbocycles. The summed E-state index contributed by atoms with van der Waals surface area (Å²) in [5, 5.41) is 11.1. The number of carbonyl (C=O) groups excluding carboxylic acids is 2. The zero-order chi connectivity index (χ0) is 20.5. The Bertz CT molecular complexity index is 1220. The number of thiazole rings is 1. The topological polar surface area (TPSA) is 133 Å². The third kappa shape index (κ3) is 3.69. The molecule has 0 saturated carbocycles. The Labute approximate surface area is 168 Å². The number of likely N-dealkylation sites (N-methyl/N-ethyl adjacent to an activating group) is 2. The Morgan fingerprint density at radius 2 is 2.00 bits per heavy atom. The predicted octanol–water partition coefficient (Wildman–Crippen LogP) is 1.26. The normalized spacial score (nSPS) is 11.0. The van der Waals surface area contributed by atoms with Gasteiger partial charge < -0.3 is 15.1 Å². The molecular weight excluding hydrogens is 394 g/mol. The van der Waals surface area contributed by atoms with Gasteiger partial charge in [-0.3, -0.25) is 14.7 Å². The first-order valence-electron chi connectivity index (χ1n) is 8.55. The highest BCUT2D eigenvalue weighted by Crippen LogP contribution is 2.27. The van der Waals surface area contributed by atoms with Gasteiger partial charge in [-0.05, 0) is 6.07 Å². The fraction of sp³-hybridized carbons (Fsp3) is 0.235. The molecule has 0 spiro atoms. The van der Waals surface area contributed by atoms with Crippen molar-refractivity contribution >= 4 is 56.0 Å². The minimum absolute atomic E-state index is 0.0345. The maximum Gasteiger partial charge on any atom is 0.283 e. The molecule has 148 valence electrons. The highest BCUT2D eigenvalue weighted by atomic mass is 32.1. The third-order valence-corrected chi connectivity index (χ3v) is 5.12. The number of amides is 2. The average molecular weight is 411 g/mol. The number of hydrogen-bond donors (Lipinski definition) is 2. The first kappa shape index (κ1) is 18.7. The highest BCUT2D eigenvalue weighted by Gasteiger charge is 2.21. The molecule has 0 aliphatic rings. The van der Waals surface area contributed by atoms with Crippen molar-refractivity contribution in [1.29, 1.82) is 0 Å². The molecule has 4 rings (SSSR count). The van der Waals surface area contributed by atoms with Crippen LogP contribution in [0.5, 0.6) is 0 Å². The zero-order valence-corrected chi connectivity index (χ0v) is 16.7. The SMILES string of the molecule is CN(C)C(=O)CN(C)C(=O)c1nc2c(Nc3cc4cn[nH]c4cn3)ncnc2s1. The molecule has 4 aromatic rings. The fourth-order valence-corrected chi connectivity index (χ4v) is 3.45. The van der Waals surface area contributed by atoms with E-state index < -0.39 is 0 Å². The molecule has 0 unspecified atom stereocenters. The quantitative estimate of drug-likeness (QED) is 0.501. The Kier molecular flexibility index (Phi) is 4.76. The van der Waals surface area contributed by atoms with Crippen molar-refractivity contribution in [1.82, 2.24) is 39.9 Å². The summed E-state index contributed by atoms with van der Waals surface area (Å²) >= 11 is 1.14. The lowest BCUT2D eigenvalue weighted by atomic mass is 10.3. The molecule has 0 aliphatic heterocycles. The van der Waals surface area contributed by atoms with Crippen LogP contribution in [0.3, 0.4) is 0 Å². The number of carbonyl (C=O) groups is 2. The van der Waals surface area contributed by atoms with Crippen molar-refractivity contribution < 1.29 is 9.59 Å². The van der Waals surface area contributed by atoms with Crippen molar-refractivity contribution in [3.05, 3.63) is 29.8 Å². The zero-order valence-electron chi connectivity index (χ0n) is 15.9. The molecule has 29 heavy (non-hydrogen) atoms. The summed E-state index contributed by atoms with van der Waals surface area (Å²) in [5.41, 5.74) is 1.28. The molecule has 11 nitrogen and oxygen atoms in total. The number of nitrogens with zero attached hydrogens (tertiary/aromatic N) is 7. The molecule has 0 radical (unpaired) electrons. The minimum atomic E-state index is -0.355. The largest absolute Gasteiger partial charge is 0.347 e. The molecular formula is C17H17N9O2S. The highest BCUT2D eigenvalue weighted by molar-refractivity contribution is 7.19. The van der Waals surface area contributed by atoms with E-state index in [9.17, 15) is 9.59 Å². The van der Waals surface area contributed by atoms with E-state index in [0.717, 1.165) is 22.2 Å². The molecule has 0 saturated heterocycles. The van der Waals surface area contributed by atoms with Crippen molar-refractivity contribution in [2.45, 2.75) is 0 Å². The lowest BCUT2D eigenvalue weighted by Gasteiger charge is -2.17. The van der Waals surface area contributed by atoms with Crippen molar-refractivity contribution in [3.63, 3.8) is 0 Å². The number of pyridine rings is 1. The van der Waals surface area contributed by atoms with Gasteiger partial charge in [-0.15, -0.1) is 0 Å². The Morgan fingerprint density at radius 3 is 2.79 bits per heavy atom. The van der Waals surface area contributed by atoms with Crippen molar-refractivity contribution in [3.8, 4) is 0 Å². The van der Waals surface area contributed by atoms with E-state index in [0.29, 0.717) is 22.0 Å². The van der Waals surface area contributed by atoms with E-state index in [4.69, 9.17) is 0 Å². The van der Waals surface area contributed by atoms with Gasteiger partial charge in [0.25, 0.3) is 5.91 Å². The van der Waals surface area contributed by atoms with Gasteiger partial charge >= 0.3 is 0 Å². The maximum atomic E-state index is 12.7. The van der Waals surface area contributed by atoms with Crippen LogP contribution in [0.1, 0.15) is 9.80 Å². The lowest BCUT2D eigenvalue weighted by Crippen LogP contribution is -2.37. The van der Waals surface area contributed by atoms with E-state index in [1.807, 2.05) is 6.07 Å². The summed E-state index contributed by atoms with van der Waals surface area (Å²) in [6.07, 6.45) is 4.75. The standard InChI is InChI=1S/C17H17N9O2S/c1-25(2)12(27)7-26(3)17(28)16-23-13-14(19-8-20-15(13)29-16)22-11-4-9-5-21-24-10(9)6-18-11/h4-6,8H,7H2,1-3H3,(H,21,24)(H,18,19,20,22). The van der Waals surface area contributed by atoms with Crippen LogP contribution in [0, 0.1) is 0 Å². The maximum absolute atomic E-state index is 12.7. The monoisotopic (exact) mass is 411 g/mol. The summed E-state index contributed by atoms with van der Waals surface area (Å²) in [6, 6.07) is 1.83. The number of hydrogen-bond acceptors (Lipinski definition) is 9. The smallest absolute Gasteiger partial charge is 0.283 e. The van der Waals surface area contributed by atoms with Crippen LogP contribution in [0.25, 0.3) is 21.3 Å². The van der Waals surface area contributed by atoms with Crippen LogP contribution in [-0.4, -0.2) is 79.4 Å². The van der Waals surface area contributed by atoms with Crippen LogP contribution in [0.15, 0.2) is 24.8 Å². The Morgan fingerprint density at radius 1 is 1.17 bits per heavy atom. The van der Waals surface area contributed by atoms with Gasteiger partial charge in [-0.1, -0.05) is 11.3 Å². The first-order chi connectivity index (χ1) is 13.9. The lowest BCUT2D eigenvalue weighted by molar-refractivity contribution is -0.129. The van der Waals surface area contributed by atoms with Crippen molar-refractivity contribution in [2.24, 2.45) is 0 Å². The number of fused-ring (bicyclic) bond motifs is 2. The number of anilines is 2. The summed E-state index contributed by atoms with van der Waals surface area (Å²) in [4.78, 5) is 45.0. The van der Waals surface area contributed by atoms with Gasteiger partial charge in [0.2, 0.25) is 5.91 Å². The van der Waals surface area contributed by atoms with Gasteiger partial charge in [0.05, 0.1) is 24.5 Å². The number of rotatable bonds is 5. The Hall–Kier alpha value is -3.67. The number of aromatic amines is 1. The second-order valence-electron chi connectivity index (χ2n) is 6.50. The van der Waals surface area contributed by atoms with Crippen LogP contribution in [0.4, 0.5) is 11.6 Å². The van der Waals surface area contributed by atoms with Gasteiger partial charge in [0.15, 0.2) is 10.8 Å². The van der Waals surface area contributed by atoms with E-state index in [1.165, 1.54) is 16.1 Å². The van der Waals surface area contributed by atoms with E-state index >= 15 is 0 Å². The number of aromatic nitrogens is 6. The van der Waals surface area contributed by atoms with Crippen LogP contribution < -0.4 is 5.32 Å². The molecule has 2 N–H and O–H groups in total. The van der Waals surface area contributed by atoms with Gasteiger partial charge in [0.1, 0.15) is 22.5 Å². The van der Waals surface area contributed by atoms with E-state index in [-0.39, 0.29) is 23.4 Å². The summed E-state index contributed by atoms with van der Waals surface area (Å²) in [5.74, 6) is 0.470. The molecule has 4 aromatic heterocycles. The van der Waals surface area contributed by atoms with Crippen molar-refractivity contribution in [2.75, 3.05) is 33.0 Å². The van der Waals surface area contributed by atoms with Crippen LogP contribution >= 0.6 is 11.3 Å². The average Bonchev–Trinajstić information content (AvgIpc) is 3.34. The summed E-state index contributed by atoms with van der Waals surface area (Å²) in [6.45, 7) is -0.0345. The molecule has 0 aliphatic carbocycles. The third-order valence-electron chi connectivity index (χ3n) is 4.17. The number of nitrogens with one attached hydrogen (secondary N) is 2. The minimum Gasteiger partial charge on any atom is -0.347 e. The number of H-pyrrole nitrogens is 1. The molecule has 2 amide bonds. The molecule has 0 atom stereocenters. The Balaban J connectivity index is 1.61. The van der Waals surface area contributed by atoms with Gasteiger partial charge in [0, 0.05) is 26.5 Å². The summed E-state index contributed by atoms with van der Waals surface area (Å²) < 4.78 is 0. The molecule has 0 bridgehead atoms. The van der Waals surface area contributed by atoms with Gasteiger partial charge in [-0.25, -0.2) is 19.9 Å². The van der Waals surface area contributed by atoms with Crippen LogP contribution in [0.2, 0.25) is 0 Å². The molecule has 12 heteroatoms. The fourth-order valence-electron chi connectivity index (χ4n) is 2.55.